The minimum atomic E-state index is -1.13. The summed E-state index contributed by atoms with van der Waals surface area (Å²) in [5.41, 5.74) is 1.48. The fraction of sp³-hybridized carbons (Fsp3) is 0.625. The molecule has 0 N–H and O–H groups in total. The molecule has 0 unspecified atom stereocenters. The van der Waals surface area contributed by atoms with E-state index in [1.165, 1.54) is 31.5 Å². The Labute approximate surface area is 113 Å². The average molecular weight is 261 g/mol. The quantitative estimate of drug-likeness (QED) is 0.753. The highest BCUT2D eigenvalue weighted by Crippen LogP contribution is 2.18. The van der Waals surface area contributed by atoms with E-state index < -0.39 is 8.07 Å². The first kappa shape index (κ1) is 13.8. The highest BCUT2D eigenvalue weighted by Gasteiger charge is 2.17. The number of nitrogens with zero attached hydrogens (tertiary/aromatic N) is 1. The molecule has 1 saturated heterocycles. The van der Waals surface area contributed by atoms with Crippen molar-refractivity contribution in [2.24, 2.45) is 5.92 Å². The molecule has 2 rings (SSSR count). The van der Waals surface area contributed by atoms with E-state index in [-0.39, 0.29) is 0 Å². The molecule has 100 valence electrons. The summed E-state index contributed by atoms with van der Waals surface area (Å²) in [6.07, 6.45) is 2.74. The van der Waals surface area contributed by atoms with E-state index in [0.29, 0.717) is 0 Å². The van der Waals surface area contributed by atoms with E-state index in [0.717, 1.165) is 12.5 Å². The molecular formula is C16H27NSi. The second kappa shape index (κ2) is 5.58. The highest BCUT2D eigenvalue weighted by molar-refractivity contribution is 6.88. The normalized spacial score (nSPS) is 19.1. The van der Waals surface area contributed by atoms with E-state index in [9.17, 15) is 0 Å². The van der Waals surface area contributed by atoms with Gasteiger partial charge in [-0.05, 0) is 37.4 Å². The lowest BCUT2D eigenvalue weighted by Gasteiger charge is -2.30. The van der Waals surface area contributed by atoms with Gasteiger partial charge in [-0.1, -0.05) is 56.0 Å². The molecule has 2 heteroatoms. The van der Waals surface area contributed by atoms with Crippen molar-refractivity contribution in [3.8, 4) is 0 Å². The van der Waals surface area contributed by atoms with Crippen LogP contribution in [0.25, 0.3) is 0 Å². The maximum absolute atomic E-state index is 2.60. The van der Waals surface area contributed by atoms with Gasteiger partial charge in [0.25, 0.3) is 0 Å². The van der Waals surface area contributed by atoms with Crippen LogP contribution in [0, 0.1) is 5.92 Å². The van der Waals surface area contributed by atoms with Crippen molar-refractivity contribution in [3.05, 3.63) is 29.8 Å². The predicted molar refractivity (Wildman–Crippen MR) is 83.1 cm³/mol. The van der Waals surface area contributed by atoms with E-state index in [1.807, 2.05) is 0 Å². The van der Waals surface area contributed by atoms with Crippen molar-refractivity contribution in [1.82, 2.24) is 4.90 Å². The molecule has 0 radical (unpaired) electrons. The summed E-state index contributed by atoms with van der Waals surface area (Å²) in [7, 11) is -1.13. The maximum Gasteiger partial charge on any atom is 0.0775 e. The minimum absolute atomic E-state index is 0.926. The van der Waals surface area contributed by atoms with Gasteiger partial charge in [0.15, 0.2) is 0 Å². The fourth-order valence-corrected chi connectivity index (χ4v) is 3.76. The summed E-state index contributed by atoms with van der Waals surface area (Å²) in [4.78, 5) is 2.60. The van der Waals surface area contributed by atoms with Crippen LogP contribution in [-0.2, 0) is 6.54 Å². The zero-order valence-electron chi connectivity index (χ0n) is 12.4. The molecule has 1 fully saturated rings. The molecular weight excluding hydrogens is 234 g/mol. The summed E-state index contributed by atoms with van der Waals surface area (Å²) in [5.74, 6) is 0.926. The van der Waals surface area contributed by atoms with E-state index in [1.54, 1.807) is 5.19 Å². The molecule has 0 amide bonds. The molecule has 0 aromatic heterocycles. The molecule has 1 aromatic carbocycles. The molecule has 1 heterocycles. The Balaban J connectivity index is 1.94. The third kappa shape index (κ3) is 3.69. The van der Waals surface area contributed by atoms with Gasteiger partial charge in [-0.25, -0.2) is 0 Å². The summed E-state index contributed by atoms with van der Waals surface area (Å²) < 4.78 is 0. The van der Waals surface area contributed by atoms with Crippen molar-refractivity contribution in [1.29, 1.82) is 0 Å². The standard InChI is InChI=1S/C16H27NSi/c1-14-9-11-17(12-10-14)13-15-5-7-16(8-6-15)18(2,3)4/h5-8,14H,9-13H2,1-4H3. The van der Waals surface area contributed by atoms with E-state index in [4.69, 9.17) is 0 Å². The number of benzene rings is 1. The van der Waals surface area contributed by atoms with Crippen molar-refractivity contribution in [2.75, 3.05) is 13.1 Å². The van der Waals surface area contributed by atoms with E-state index in [2.05, 4.69) is 55.7 Å². The van der Waals surface area contributed by atoms with Crippen LogP contribution in [0.3, 0.4) is 0 Å². The molecule has 1 aliphatic heterocycles. The van der Waals surface area contributed by atoms with Crippen LogP contribution in [0.1, 0.15) is 25.3 Å². The monoisotopic (exact) mass is 261 g/mol. The van der Waals surface area contributed by atoms with Crippen molar-refractivity contribution in [3.63, 3.8) is 0 Å². The third-order valence-corrected chi connectivity index (χ3v) is 6.17. The smallest absolute Gasteiger partial charge is 0.0775 e. The van der Waals surface area contributed by atoms with Crippen LogP contribution >= 0.6 is 0 Å². The van der Waals surface area contributed by atoms with Gasteiger partial charge >= 0.3 is 0 Å². The highest BCUT2D eigenvalue weighted by atomic mass is 28.3. The first-order valence-electron chi connectivity index (χ1n) is 7.27. The van der Waals surface area contributed by atoms with Gasteiger partial charge in [0.05, 0.1) is 8.07 Å². The van der Waals surface area contributed by atoms with Gasteiger partial charge in [0.1, 0.15) is 0 Å². The Hall–Kier alpha value is -0.603. The molecule has 1 aliphatic rings. The minimum Gasteiger partial charge on any atom is -0.299 e. The lowest BCUT2D eigenvalue weighted by Crippen LogP contribution is -2.37. The number of hydrogen-bond acceptors (Lipinski definition) is 1. The first-order valence-corrected chi connectivity index (χ1v) is 10.8. The number of piperidine rings is 1. The third-order valence-electron chi connectivity index (χ3n) is 4.10. The van der Waals surface area contributed by atoms with Gasteiger partial charge < -0.3 is 0 Å². The molecule has 0 atom stereocenters. The van der Waals surface area contributed by atoms with Crippen LogP contribution < -0.4 is 5.19 Å². The van der Waals surface area contributed by atoms with Crippen LogP contribution in [0.5, 0.6) is 0 Å². The first-order chi connectivity index (χ1) is 8.45. The van der Waals surface area contributed by atoms with Gasteiger partial charge in [-0.2, -0.15) is 0 Å². The lowest BCUT2D eigenvalue weighted by molar-refractivity contribution is 0.185. The molecule has 0 saturated carbocycles. The Morgan fingerprint density at radius 3 is 2.11 bits per heavy atom. The predicted octanol–water partition coefficient (Wildman–Crippen LogP) is 3.46. The Morgan fingerprint density at radius 1 is 1.06 bits per heavy atom. The van der Waals surface area contributed by atoms with Crippen LogP contribution in [0.4, 0.5) is 0 Å². The number of likely N-dealkylation sites (tertiary alicyclic amines) is 1. The van der Waals surface area contributed by atoms with Crippen molar-refractivity contribution in [2.45, 2.75) is 46.0 Å². The Bertz CT molecular complexity index is 369. The largest absolute Gasteiger partial charge is 0.299 e. The second-order valence-corrected chi connectivity index (χ2v) is 12.0. The molecule has 0 bridgehead atoms. The Kier molecular flexibility index (Phi) is 4.28. The fourth-order valence-electron chi connectivity index (χ4n) is 2.59. The van der Waals surface area contributed by atoms with Gasteiger partial charge in [0, 0.05) is 6.54 Å². The summed E-state index contributed by atoms with van der Waals surface area (Å²) >= 11 is 0. The molecule has 0 aliphatic carbocycles. The zero-order valence-corrected chi connectivity index (χ0v) is 13.4. The lowest BCUT2D eigenvalue weighted by atomic mass is 9.99. The topological polar surface area (TPSA) is 3.24 Å². The second-order valence-electron chi connectivity index (χ2n) is 6.91. The maximum atomic E-state index is 2.60. The van der Waals surface area contributed by atoms with Gasteiger partial charge in [-0.3, -0.25) is 4.90 Å². The number of rotatable bonds is 3. The SMILES string of the molecule is CC1CCN(Cc2ccc([Si](C)(C)C)cc2)CC1. The van der Waals surface area contributed by atoms with Crippen LogP contribution in [0.2, 0.25) is 19.6 Å². The molecule has 18 heavy (non-hydrogen) atoms. The van der Waals surface area contributed by atoms with Gasteiger partial charge in [0.2, 0.25) is 0 Å². The number of hydrogen-bond donors (Lipinski definition) is 0. The van der Waals surface area contributed by atoms with Crippen molar-refractivity contribution < 1.29 is 0 Å². The summed E-state index contributed by atoms with van der Waals surface area (Å²) in [6.45, 7) is 13.3. The molecule has 1 aromatic rings. The van der Waals surface area contributed by atoms with Crippen LogP contribution in [-0.4, -0.2) is 26.1 Å². The average Bonchev–Trinajstić information content (AvgIpc) is 2.32. The van der Waals surface area contributed by atoms with Crippen LogP contribution in [0.15, 0.2) is 24.3 Å². The van der Waals surface area contributed by atoms with Gasteiger partial charge in [-0.15, -0.1) is 0 Å². The molecule has 1 nitrogen and oxygen atoms in total. The van der Waals surface area contributed by atoms with E-state index >= 15 is 0 Å². The Morgan fingerprint density at radius 2 is 1.61 bits per heavy atom. The zero-order chi connectivity index (χ0) is 13.2. The molecule has 0 spiro atoms. The summed E-state index contributed by atoms with van der Waals surface area (Å²) in [6, 6.07) is 9.39. The summed E-state index contributed by atoms with van der Waals surface area (Å²) in [5, 5.41) is 1.57. The van der Waals surface area contributed by atoms with Crippen molar-refractivity contribution >= 4 is 13.3 Å².